The maximum Gasteiger partial charge on any atom is 0.432 e. The summed E-state index contributed by atoms with van der Waals surface area (Å²) in [5.74, 6) is 0.669. The number of fused-ring (bicyclic) bond motifs is 3. The molecule has 0 aliphatic carbocycles. The van der Waals surface area contributed by atoms with Gasteiger partial charge < -0.3 is 24.3 Å². The van der Waals surface area contributed by atoms with Gasteiger partial charge in [-0.25, -0.2) is 9.78 Å². The lowest BCUT2D eigenvalue weighted by molar-refractivity contribution is -0.164. The van der Waals surface area contributed by atoms with Gasteiger partial charge >= 0.3 is 6.09 Å². The van der Waals surface area contributed by atoms with Crippen LogP contribution < -0.4 is 15.0 Å². The normalized spacial score (nSPS) is 26.7. The fourth-order valence-corrected chi connectivity index (χ4v) is 5.71. The highest BCUT2D eigenvalue weighted by Crippen LogP contribution is 2.40. The molecule has 1 aromatic heterocycles. The Kier molecular flexibility index (Phi) is 5.40. The first-order chi connectivity index (χ1) is 14.6. The Morgan fingerprint density at radius 1 is 1.27 bits per heavy atom. The minimum atomic E-state index is -0.547. The number of hydrogen-bond donors (Lipinski definition) is 2. The maximum absolute atomic E-state index is 12.6. The summed E-state index contributed by atoms with van der Waals surface area (Å²) in [7, 11) is 1.62. The molecule has 9 nitrogen and oxygen atoms in total. The molecule has 2 atom stereocenters. The van der Waals surface area contributed by atoms with E-state index in [1.807, 2.05) is 12.1 Å². The molecule has 0 saturated carbocycles. The Hall–Kier alpha value is -2.14. The van der Waals surface area contributed by atoms with E-state index in [1.54, 1.807) is 12.2 Å². The third-order valence-corrected chi connectivity index (χ3v) is 7.09. The Labute approximate surface area is 178 Å². The van der Waals surface area contributed by atoms with Gasteiger partial charge in [0.25, 0.3) is 0 Å². The molecule has 0 spiro atoms. The number of anilines is 2. The van der Waals surface area contributed by atoms with E-state index in [1.165, 1.54) is 11.3 Å². The maximum atomic E-state index is 12.6. The van der Waals surface area contributed by atoms with Crippen molar-refractivity contribution in [1.29, 1.82) is 0 Å². The van der Waals surface area contributed by atoms with E-state index in [9.17, 15) is 9.90 Å². The highest BCUT2D eigenvalue weighted by atomic mass is 32.1. The summed E-state index contributed by atoms with van der Waals surface area (Å²) in [4.78, 5) is 25.0. The number of hydrogen-bond acceptors (Lipinski definition) is 9. The van der Waals surface area contributed by atoms with Crippen LogP contribution in [-0.4, -0.2) is 72.8 Å². The highest BCUT2D eigenvalue weighted by Gasteiger charge is 2.43. The first-order valence-electron chi connectivity index (χ1n) is 10.4. The summed E-state index contributed by atoms with van der Waals surface area (Å²) >= 11 is 1.41. The predicted octanol–water partition coefficient (Wildman–Crippen LogP) is 2.59. The number of rotatable bonds is 4. The molecule has 0 radical (unpaired) electrons. The molecule has 1 aromatic carbocycles. The van der Waals surface area contributed by atoms with Gasteiger partial charge in [-0.1, -0.05) is 11.3 Å². The van der Waals surface area contributed by atoms with E-state index in [4.69, 9.17) is 14.3 Å². The second-order valence-corrected chi connectivity index (χ2v) is 8.96. The molecular weight excluding hydrogens is 408 g/mol. The number of nitrogens with one attached hydrogen (secondary N) is 1. The number of thiazole rings is 1. The second-order valence-electron chi connectivity index (χ2n) is 7.96. The number of hydroxylamine groups is 2. The molecule has 5 rings (SSSR count). The monoisotopic (exact) mass is 434 g/mol. The molecule has 4 heterocycles. The number of aliphatic hydroxyl groups is 1. The van der Waals surface area contributed by atoms with E-state index >= 15 is 0 Å². The van der Waals surface area contributed by atoms with Crippen LogP contribution in [0.1, 0.15) is 25.7 Å². The number of aliphatic hydroxyl groups excluding tert-OH is 1. The third kappa shape index (κ3) is 3.68. The molecule has 3 fully saturated rings. The number of ether oxygens (including phenoxy) is 2. The van der Waals surface area contributed by atoms with Crippen molar-refractivity contribution in [1.82, 2.24) is 10.0 Å². The van der Waals surface area contributed by atoms with Gasteiger partial charge in [0.15, 0.2) is 5.13 Å². The molecule has 1 amide bonds. The SMILES string of the molecule is COc1ccc(N2CCOCC2)c2sc(NC(=O)ON3C4CCC3CC(O)C4)nc12. The number of aromatic nitrogens is 1. The van der Waals surface area contributed by atoms with Gasteiger partial charge in [-0.15, -0.1) is 5.06 Å². The highest BCUT2D eigenvalue weighted by molar-refractivity contribution is 7.23. The summed E-state index contributed by atoms with van der Waals surface area (Å²) in [6.07, 6.45) is 2.32. The second kappa shape index (κ2) is 8.18. The standard InChI is InChI=1S/C20H26N4O5S/c1-27-16-5-4-15(23-6-8-28-9-7-23)18-17(16)21-19(30-18)22-20(26)29-24-12-2-3-13(24)11-14(25)10-12/h4-5,12-14,25H,2-3,6-11H2,1H3,(H,21,22,26). The molecule has 30 heavy (non-hydrogen) atoms. The molecule has 10 heteroatoms. The van der Waals surface area contributed by atoms with Crippen LogP contribution in [0.5, 0.6) is 5.75 Å². The zero-order valence-electron chi connectivity index (χ0n) is 16.9. The Bertz CT molecular complexity index is 917. The molecule has 3 saturated heterocycles. The summed E-state index contributed by atoms with van der Waals surface area (Å²) < 4.78 is 11.9. The smallest absolute Gasteiger partial charge is 0.432 e. The number of piperidine rings is 1. The first-order valence-corrected chi connectivity index (χ1v) is 11.2. The van der Waals surface area contributed by atoms with Crippen LogP contribution >= 0.6 is 11.3 Å². The Morgan fingerprint density at radius 3 is 2.70 bits per heavy atom. The number of amides is 1. The number of nitrogens with zero attached hydrogens (tertiary/aromatic N) is 3. The fourth-order valence-electron chi connectivity index (χ4n) is 4.70. The van der Waals surface area contributed by atoms with E-state index in [2.05, 4.69) is 15.2 Å². The summed E-state index contributed by atoms with van der Waals surface area (Å²) in [5.41, 5.74) is 1.79. The van der Waals surface area contributed by atoms with Gasteiger partial charge in [0.1, 0.15) is 11.3 Å². The molecule has 3 aliphatic rings. The number of carbonyl (C=O) groups is 1. The molecular formula is C20H26N4O5S. The molecule has 162 valence electrons. The van der Waals surface area contributed by atoms with Crippen molar-refractivity contribution in [3.8, 4) is 5.75 Å². The van der Waals surface area contributed by atoms with E-state index in [0.29, 0.717) is 36.9 Å². The van der Waals surface area contributed by atoms with E-state index < -0.39 is 6.09 Å². The first kappa shape index (κ1) is 19.8. The minimum Gasteiger partial charge on any atom is -0.494 e. The van der Waals surface area contributed by atoms with Crippen molar-refractivity contribution < 1.29 is 24.2 Å². The molecule has 2 unspecified atom stereocenters. The van der Waals surface area contributed by atoms with Gasteiger partial charge in [0.2, 0.25) is 0 Å². The number of morpholine rings is 1. The van der Waals surface area contributed by atoms with Gasteiger partial charge in [0.05, 0.1) is 36.8 Å². The van der Waals surface area contributed by atoms with Crippen LogP contribution in [0.4, 0.5) is 15.6 Å². The Balaban J connectivity index is 1.35. The molecule has 2 aromatic rings. The van der Waals surface area contributed by atoms with Crippen molar-refractivity contribution >= 4 is 38.5 Å². The third-order valence-electron chi connectivity index (χ3n) is 6.10. The average molecular weight is 435 g/mol. The lowest BCUT2D eigenvalue weighted by Gasteiger charge is -2.34. The minimum absolute atomic E-state index is 0.0906. The van der Waals surface area contributed by atoms with E-state index in [-0.39, 0.29) is 18.2 Å². The zero-order chi connectivity index (χ0) is 20.7. The fraction of sp³-hybridized carbons (Fsp3) is 0.600. The van der Waals surface area contributed by atoms with Gasteiger partial charge in [0, 0.05) is 25.2 Å². The van der Waals surface area contributed by atoms with Crippen LogP contribution in [0.2, 0.25) is 0 Å². The van der Waals surface area contributed by atoms with Crippen LogP contribution in [0.25, 0.3) is 10.2 Å². The van der Waals surface area contributed by atoms with Gasteiger partial charge in [-0.3, -0.25) is 5.32 Å². The van der Waals surface area contributed by atoms with Crippen molar-refractivity contribution in [2.75, 3.05) is 43.6 Å². The summed E-state index contributed by atoms with van der Waals surface area (Å²) in [6, 6.07) is 4.12. The predicted molar refractivity (Wildman–Crippen MR) is 113 cm³/mol. The summed E-state index contributed by atoms with van der Waals surface area (Å²) in [6.45, 7) is 3.01. The zero-order valence-corrected chi connectivity index (χ0v) is 17.7. The van der Waals surface area contributed by atoms with E-state index in [0.717, 1.165) is 41.8 Å². The van der Waals surface area contributed by atoms with Gasteiger partial charge in [-0.2, -0.15) is 0 Å². The average Bonchev–Trinajstić information content (AvgIpc) is 3.26. The van der Waals surface area contributed by atoms with Crippen molar-refractivity contribution in [3.63, 3.8) is 0 Å². The largest absolute Gasteiger partial charge is 0.494 e. The van der Waals surface area contributed by atoms with Gasteiger partial charge in [-0.05, 0) is 37.8 Å². The summed E-state index contributed by atoms with van der Waals surface area (Å²) in [5, 5.41) is 14.9. The van der Waals surface area contributed by atoms with Crippen molar-refractivity contribution in [2.45, 2.75) is 43.9 Å². The number of methoxy groups -OCH3 is 1. The lowest BCUT2D eigenvalue weighted by Crippen LogP contribution is -2.46. The van der Waals surface area contributed by atoms with Crippen LogP contribution in [0, 0.1) is 0 Å². The molecule has 2 bridgehead atoms. The number of benzene rings is 1. The van der Waals surface area contributed by atoms with Crippen LogP contribution in [0.3, 0.4) is 0 Å². The van der Waals surface area contributed by atoms with Crippen LogP contribution in [-0.2, 0) is 9.57 Å². The Morgan fingerprint density at radius 2 is 2.00 bits per heavy atom. The molecule has 2 N–H and O–H groups in total. The van der Waals surface area contributed by atoms with Crippen LogP contribution in [0.15, 0.2) is 12.1 Å². The van der Waals surface area contributed by atoms with Crippen molar-refractivity contribution in [2.24, 2.45) is 0 Å². The quantitative estimate of drug-likeness (QED) is 0.758. The lowest BCUT2D eigenvalue weighted by atomic mass is 10.0. The number of carbonyl (C=O) groups excluding carboxylic acids is 1. The molecule has 3 aliphatic heterocycles. The topological polar surface area (TPSA) is 96.4 Å². The van der Waals surface area contributed by atoms with Crippen molar-refractivity contribution in [3.05, 3.63) is 12.1 Å².